The van der Waals surface area contributed by atoms with Crippen LogP contribution in [0.2, 0.25) is 0 Å². The van der Waals surface area contributed by atoms with Crippen LogP contribution in [0.5, 0.6) is 0 Å². The van der Waals surface area contributed by atoms with Crippen molar-refractivity contribution in [3.8, 4) is 11.4 Å². The van der Waals surface area contributed by atoms with E-state index in [9.17, 15) is 14.9 Å². The molecule has 1 fully saturated rings. The minimum Gasteiger partial charge on any atom is -0.366 e. The van der Waals surface area contributed by atoms with Crippen molar-refractivity contribution in [3.63, 3.8) is 0 Å². The van der Waals surface area contributed by atoms with E-state index in [0.717, 1.165) is 56.7 Å². The van der Waals surface area contributed by atoms with E-state index >= 15 is 0 Å². The van der Waals surface area contributed by atoms with Crippen molar-refractivity contribution in [1.29, 1.82) is 0 Å². The van der Waals surface area contributed by atoms with Crippen LogP contribution < -0.4 is 10.2 Å². The number of hydrogen-bond acceptors (Lipinski definition) is 5. The van der Waals surface area contributed by atoms with E-state index in [4.69, 9.17) is 0 Å². The van der Waals surface area contributed by atoms with Crippen LogP contribution in [0.1, 0.15) is 41.7 Å². The standard InChI is InChI=1S/C24H25N5O3/c30-24(18-8-11-21(22(15-18)29(31)32)27-12-3-4-13-27)26-19-9-6-17(7-10-19)23-25-16-20-5-1-2-14-28(20)23/h6-11,15-16H,1-5,12-14H2,(H,26,30). The predicted octanol–water partition coefficient (Wildman–Crippen LogP) is 4.65. The fourth-order valence-electron chi connectivity index (χ4n) is 4.61. The number of nitrogens with one attached hydrogen (secondary N) is 1. The number of carbonyl (C=O) groups is 1. The number of aryl methyl sites for hydroxylation is 1. The summed E-state index contributed by atoms with van der Waals surface area (Å²) >= 11 is 0. The smallest absolute Gasteiger partial charge is 0.293 e. The van der Waals surface area contributed by atoms with Gasteiger partial charge < -0.3 is 14.8 Å². The first-order valence-electron chi connectivity index (χ1n) is 11.1. The lowest BCUT2D eigenvalue weighted by atomic mass is 10.1. The van der Waals surface area contributed by atoms with Crippen LogP contribution in [0, 0.1) is 10.1 Å². The molecule has 0 bridgehead atoms. The zero-order valence-corrected chi connectivity index (χ0v) is 17.8. The summed E-state index contributed by atoms with van der Waals surface area (Å²) < 4.78 is 2.26. The van der Waals surface area contributed by atoms with E-state index in [1.807, 2.05) is 35.4 Å². The number of nitro benzene ring substituents is 1. The largest absolute Gasteiger partial charge is 0.366 e. The second kappa shape index (κ2) is 8.45. The molecule has 0 aliphatic carbocycles. The first kappa shape index (κ1) is 20.2. The Morgan fingerprint density at radius 3 is 2.50 bits per heavy atom. The predicted molar refractivity (Wildman–Crippen MR) is 123 cm³/mol. The molecule has 0 saturated carbocycles. The summed E-state index contributed by atoms with van der Waals surface area (Å²) in [4.78, 5) is 30.5. The zero-order valence-electron chi connectivity index (χ0n) is 17.8. The third-order valence-electron chi connectivity index (χ3n) is 6.28. The Morgan fingerprint density at radius 2 is 1.75 bits per heavy atom. The van der Waals surface area contributed by atoms with E-state index in [1.165, 1.54) is 18.2 Å². The van der Waals surface area contributed by atoms with Gasteiger partial charge in [-0.05, 0) is 68.5 Å². The van der Waals surface area contributed by atoms with Gasteiger partial charge in [0.1, 0.15) is 11.5 Å². The molecule has 1 aromatic heterocycles. The molecular weight excluding hydrogens is 406 g/mol. The number of amides is 1. The maximum atomic E-state index is 12.8. The minimum atomic E-state index is -0.412. The molecule has 3 heterocycles. The van der Waals surface area contributed by atoms with E-state index < -0.39 is 4.92 Å². The molecule has 0 radical (unpaired) electrons. The van der Waals surface area contributed by atoms with Gasteiger partial charge in [0.15, 0.2) is 0 Å². The molecule has 8 heteroatoms. The van der Waals surface area contributed by atoms with Crippen LogP contribution in [0.3, 0.4) is 0 Å². The van der Waals surface area contributed by atoms with Crippen molar-refractivity contribution in [2.75, 3.05) is 23.3 Å². The lowest BCUT2D eigenvalue weighted by Crippen LogP contribution is -2.19. The number of benzene rings is 2. The van der Waals surface area contributed by atoms with Gasteiger partial charge in [-0.3, -0.25) is 14.9 Å². The second-order valence-electron chi connectivity index (χ2n) is 8.37. The van der Waals surface area contributed by atoms with E-state index in [-0.39, 0.29) is 17.2 Å². The van der Waals surface area contributed by atoms with Crippen LogP contribution in [0.15, 0.2) is 48.7 Å². The Balaban J connectivity index is 1.33. The average molecular weight is 431 g/mol. The van der Waals surface area contributed by atoms with Gasteiger partial charge in [0.25, 0.3) is 11.6 Å². The molecule has 1 N–H and O–H groups in total. The topological polar surface area (TPSA) is 93.3 Å². The first-order valence-corrected chi connectivity index (χ1v) is 11.1. The summed E-state index contributed by atoms with van der Waals surface area (Å²) in [5.74, 6) is 0.581. The van der Waals surface area contributed by atoms with Crippen molar-refractivity contribution in [2.24, 2.45) is 0 Å². The van der Waals surface area contributed by atoms with Gasteiger partial charge in [0.05, 0.1) is 4.92 Å². The van der Waals surface area contributed by atoms with Crippen LogP contribution >= 0.6 is 0 Å². The number of hydrogen-bond donors (Lipinski definition) is 1. The molecule has 1 amide bonds. The fraction of sp³-hybridized carbons (Fsp3) is 0.333. The van der Waals surface area contributed by atoms with Gasteiger partial charge in [-0.15, -0.1) is 0 Å². The number of carbonyl (C=O) groups excluding carboxylic acids is 1. The molecule has 2 aromatic carbocycles. The van der Waals surface area contributed by atoms with Crippen LogP contribution in [0.4, 0.5) is 17.1 Å². The highest BCUT2D eigenvalue weighted by molar-refractivity contribution is 6.05. The van der Waals surface area contributed by atoms with Gasteiger partial charge in [0, 0.05) is 54.4 Å². The second-order valence-corrected chi connectivity index (χ2v) is 8.37. The van der Waals surface area contributed by atoms with Crippen molar-refractivity contribution in [3.05, 3.63) is 70.0 Å². The van der Waals surface area contributed by atoms with Crippen molar-refractivity contribution in [1.82, 2.24) is 9.55 Å². The molecule has 1 saturated heterocycles. The number of nitrogens with zero attached hydrogens (tertiary/aromatic N) is 4. The Bertz CT molecular complexity index is 1160. The van der Waals surface area contributed by atoms with Gasteiger partial charge >= 0.3 is 0 Å². The Kier molecular flexibility index (Phi) is 5.34. The summed E-state index contributed by atoms with van der Waals surface area (Å²) in [6.07, 6.45) is 7.42. The Morgan fingerprint density at radius 1 is 1.00 bits per heavy atom. The highest BCUT2D eigenvalue weighted by Gasteiger charge is 2.24. The maximum absolute atomic E-state index is 12.8. The van der Waals surface area contributed by atoms with Gasteiger partial charge in [-0.1, -0.05) is 0 Å². The molecule has 2 aliphatic heterocycles. The summed E-state index contributed by atoms with van der Waals surface area (Å²) in [6, 6.07) is 12.3. The van der Waals surface area contributed by atoms with Gasteiger partial charge in [-0.25, -0.2) is 4.98 Å². The number of fused-ring (bicyclic) bond motifs is 1. The quantitative estimate of drug-likeness (QED) is 0.469. The number of imidazole rings is 1. The van der Waals surface area contributed by atoms with E-state index in [0.29, 0.717) is 11.4 Å². The van der Waals surface area contributed by atoms with Crippen LogP contribution in [0.25, 0.3) is 11.4 Å². The molecule has 3 aromatic rings. The average Bonchev–Trinajstić information content (AvgIpc) is 3.49. The molecule has 5 rings (SSSR count). The maximum Gasteiger partial charge on any atom is 0.293 e. The molecule has 164 valence electrons. The molecule has 0 atom stereocenters. The monoisotopic (exact) mass is 431 g/mol. The summed E-state index contributed by atoms with van der Waals surface area (Å²) in [7, 11) is 0. The highest BCUT2D eigenvalue weighted by Crippen LogP contribution is 2.32. The molecule has 8 nitrogen and oxygen atoms in total. The Labute approximate surface area is 186 Å². The van der Waals surface area contributed by atoms with Crippen LogP contribution in [-0.2, 0) is 13.0 Å². The zero-order chi connectivity index (χ0) is 22.1. The van der Waals surface area contributed by atoms with E-state index in [2.05, 4.69) is 14.9 Å². The highest BCUT2D eigenvalue weighted by atomic mass is 16.6. The lowest BCUT2D eigenvalue weighted by molar-refractivity contribution is -0.384. The van der Waals surface area contributed by atoms with Gasteiger partial charge in [-0.2, -0.15) is 0 Å². The minimum absolute atomic E-state index is 0.0287. The number of nitro groups is 1. The normalized spacial score (nSPS) is 15.4. The van der Waals surface area contributed by atoms with E-state index in [1.54, 1.807) is 12.1 Å². The van der Waals surface area contributed by atoms with Crippen molar-refractivity contribution in [2.45, 2.75) is 38.6 Å². The number of anilines is 2. The molecule has 0 spiro atoms. The SMILES string of the molecule is O=C(Nc1ccc(-c2ncc3n2CCCC3)cc1)c1ccc(N2CCCC2)c([N+](=O)[O-])c1. The number of rotatable bonds is 5. The third-order valence-corrected chi connectivity index (χ3v) is 6.28. The summed E-state index contributed by atoms with van der Waals surface area (Å²) in [6.45, 7) is 2.59. The Hall–Kier alpha value is -3.68. The lowest BCUT2D eigenvalue weighted by Gasteiger charge is -2.18. The summed E-state index contributed by atoms with van der Waals surface area (Å²) in [5.41, 5.74) is 3.72. The van der Waals surface area contributed by atoms with Crippen molar-refractivity contribution < 1.29 is 9.72 Å². The fourth-order valence-corrected chi connectivity index (χ4v) is 4.61. The van der Waals surface area contributed by atoms with Crippen LogP contribution in [-0.4, -0.2) is 33.5 Å². The van der Waals surface area contributed by atoms with Crippen molar-refractivity contribution >= 4 is 23.0 Å². The molecule has 32 heavy (non-hydrogen) atoms. The van der Waals surface area contributed by atoms with Gasteiger partial charge in [0.2, 0.25) is 0 Å². The first-order chi connectivity index (χ1) is 15.6. The third kappa shape index (κ3) is 3.84. The summed E-state index contributed by atoms with van der Waals surface area (Å²) in [5, 5.41) is 14.4. The molecule has 0 unspecified atom stereocenters. The molecular formula is C24H25N5O3. The number of aromatic nitrogens is 2. The molecule has 2 aliphatic rings.